The zero-order valence-corrected chi connectivity index (χ0v) is 9.02. The Morgan fingerprint density at radius 3 is 2.72 bits per heavy atom. The molecule has 2 rings (SSSR count). The molecule has 1 heterocycles. The highest BCUT2D eigenvalue weighted by Gasteiger charge is 2.16. The van der Waals surface area contributed by atoms with Crippen molar-refractivity contribution < 1.29 is 18.7 Å². The molecule has 4 nitrogen and oxygen atoms in total. The fourth-order valence-electron chi connectivity index (χ4n) is 1.35. The fourth-order valence-corrected chi connectivity index (χ4v) is 1.35. The molecule has 0 unspecified atom stereocenters. The van der Waals surface area contributed by atoms with Gasteiger partial charge in [-0.1, -0.05) is 6.07 Å². The number of anilines is 1. The second kappa shape index (κ2) is 4.79. The van der Waals surface area contributed by atoms with Crippen LogP contribution in [0.4, 0.5) is 14.6 Å². The largest absolute Gasteiger partial charge is 0.504 e. The lowest BCUT2D eigenvalue weighted by Crippen LogP contribution is -2.15. The second-order valence-electron chi connectivity index (χ2n) is 3.43. The Kier molecular flexibility index (Phi) is 3.18. The summed E-state index contributed by atoms with van der Waals surface area (Å²) in [6, 6.07) is 6.03. The molecule has 0 aliphatic heterocycles. The molecule has 0 fully saturated rings. The van der Waals surface area contributed by atoms with Crippen LogP contribution in [0.1, 0.15) is 10.4 Å². The molecule has 0 saturated heterocycles. The number of pyridine rings is 1. The molecule has 92 valence electrons. The van der Waals surface area contributed by atoms with Gasteiger partial charge in [0.2, 0.25) is 0 Å². The van der Waals surface area contributed by atoms with Gasteiger partial charge in [-0.2, -0.15) is 0 Å². The molecule has 0 saturated carbocycles. The highest BCUT2D eigenvalue weighted by molar-refractivity contribution is 6.04. The number of hydrogen-bond donors (Lipinski definition) is 2. The van der Waals surface area contributed by atoms with Gasteiger partial charge in [0.15, 0.2) is 23.2 Å². The summed E-state index contributed by atoms with van der Waals surface area (Å²) in [4.78, 5) is 15.4. The van der Waals surface area contributed by atoms with Crippen molar-refractivity contribution in [3.63, 3.8) is 0 Å². The summed E-state index contributed by atoms with van der Waals surface area (Å²) in [6.07, 6.45) is 1.34. The Morgan fingerprint density at radius 2 is 2.00 bits per heavy atom. The summed E-state index contributed by atoms with van der Waals surface area (Å²) in [5, 5.41) is 11.6. The lowest BCUT2D eigenvalue weighted by molar-refractivity contribution is 0.102. The second-order valence-corrected chi connectivity index (χ2v) is 3.43. The van der Waals surface area contributed by atoms with Crippen LogP contribution in [0.2, 0.25) is 0 Å². The van der Waals surface area contributed by atoms with Crippen LogP contribution in [-0.2, 0) is 0 Å². The standard InChI is InChI=1S/C12H8F2N2O2/c13-8-4-1-3-7(10(8)14)12(18)16-11-9(17)5-2-6-15-11/h1-6,17H,(H,15,16,18). The molecule has 18 heavy (non-hydrogen) atoms. The Morgan fingerprint density at radius 1 is 1.22 bits per heavy atom. The topological polar surface area (TPSA) is 62.2 Å². The van der Waals surface area contributed by atoms with Crippen LogP contribution >= 0.6 is 0 Å². The summed E-state index contributed by atoms with van der Waals surface area (Å²) >= 11 is 0. The zero-order chi connectivity index (χ0) is 13.1. The van der Waals surface area contributed by atoms with Crippen LogP contribution in [0, 0.1) is 11.6 Å². The minimum Gasteiger partial charge on any atom is -0.504 e. The predicted octanol–water partition coefficient (Wildman–Crippen LogP) is 2.32. The van der Waals surface area contributed by atoms with Crippen molar-refractivity contribution in [2.24, 2.45) is 0 Å². The van der Waals surface area contributed by atoms with E-state index in [1.165, 1.54) is 24.4 Å². The SMILES string of the molecule is O=C(Nc1ncccc1O)c1cccc(F)c1F. The minimum absolute atomic E-state index is 0.119. The minimum atomic E-state index is -1.24. The summed E-state index contributed by atoms with van der Waals surface area (Å²) in [6.45, 7) is 0. The average Bonchev–Trinajstić information content (AvgIpc) is 2.35. The first-order chi connectivity index (χ1) is 8.59. The molecule has 1 amide bonds. The van der Waals surface area contributed by atoms with Crippen molar-refractivity contribution >= 4 is 11.7 Å². The number of aromatic nitrogens is 1. The fraction of sp³-hybridized carbons (Fsp3) is 0. The van der Waals surface area contributed by atoms with E-state index in [9.17, 15) is 18.7 Å². The van der Waals surface area contributed by atoms with E-state index in [1.54, 1.807) is 0 Å². The van der Waals surface area contributed by atoms with Gasteiger partial charge in [0.05, 0.1) is 5.56 Å². The first-order valence-corrected chi connectivity index (χ1v) is 4.99. The molecule has 1 aromatic heterocycles. The smallest absolute Gasteiger partial charge is 0.260 e. The molecule has 2 aromatic rings. The van der Waals surface area contributed by atoms with Gasteiger partial charge in [-0.25, -0.2) is 13.8 Å². The molecule has 0 bridgehead atoms. The maximum atomic E-state index is 13.3. The first-order valence-electron chi connectivity index (χ1n) is 4.99. The number of amides is 1. The number of nitrogens with one attached hydrogen (secondary N) is 1. The van der Waals surface area contributed by atoms with E-state index < -0.39 is 23.1 Å². The Bertz CT molecular complexity index is 602. The van der Waals surface area contributed by atoms with Crippen molar-refractivity contribution in [2.75, 3.05) is 5.32 Å². The Labute approximate surface area is 101 Å². The van der Waals surface area contributed by atoms with Crippen molar-refractivity contribution in [2.45, 2.75) is 0 Å². The van der Waals surface area contributed by atoms with Crippen LogP contribution < -0.4 is 5.32 Å². The third-order valence-corrected chi connectivity index (χ3v) is 2.21. The molecule has 0 aliphatic rings. The first kappa shape index (κ1) is 12.0. The van der Waals surface area contributed by atoms with Crippen molar-refractivity contribution in [1.29, 1.82) is 0 Å². The zero-order valence-electron chi connectivity index (χ0n) is 9.02. The van der Waals surface area contributed by atoms with Gasteiger partial charge in [-0.3, -0.25) is 4.79 Å². The Hall–Kier alpha value is -2.50. The number of hydrogen-bond acceptors (Lipinski definition) is 3. The lowest BCUT2D eigenvalue weighted by Gasteiger charge is -2.06. The van der Waals surface area contributed by atoms with Crippen molar-refractivity contribution in [1.82, 2.24) is 4.98 Å². The third-order valence-electron chi connectivity index (χ3n) is 2.21. The number of carbonyl (C=O) groups excluding carboxylic acids is 1. The maximum Gasteiger partial charge on any atom is 0.260 e. The van der Waals surface area contributed by atoms with E-state index in [0.717, 1.165) is 12.1 Å². The van der Waals surface area contributed by atoms with Crippen LogP contribution in [0.3, 0.4) is 0 Å². The molecule has 0 radical (unpaired) electrons. The van der Waals surface area contributed by atoms with Gasteiger partial charge in [-0.15, -0.1) is 0 Å². The summed E-state index contributed by atoms with van der Waals surface area (Å²) in [5.74, 6) is -3.63. The molecule has 0 spiro atoms. The molecule has 0 aliphatic carbocycles. The normalized spacial score (nSPS) is 10.1. The number of aromatic hydroxyl groups is 1. The molecule has 0 atom stereocenters. The van der Waals surface area contributed by atoms with Gasteiger partial charge in [0, 0.05) is 6.20 Å². The van der Waals surface area contributed by atoms with E-state index in [-0.39, 0.29) is 11.6 Å². The van der Waals surface area contributed by atoms with Crippen LogP contribution in [-0.4, -0.2) is 16.0 Å². The van der Waals surface area contributed by atoms with Gasteiger partial charge in [0.1, 0.15) is 0 Å². The quantitative estimate of drug-likeness (QED) is 0.859. The van der Waals surface area contributed by atoms with Crippen molar-refractivity contribution in [3.05, 3.63) is 53.7 Å². The Balaban J connectivity index is 2.28. The van der Waals surface area contributed by atoms with E-state index in [0.29, 0.717) is 0 Å². The molecular weight excluding hydrogens is 242 g/mol. The number of nitrogens with zero attached hydrogens (tertiary/aromatic N) is 1. The van der Waals surface area contributed by atoms with Crippen LogP contribution in [0.15, 0.2) is 36.5 Å². The number of carbonyl (C=O) groups is 1. The van der Waals surface area contributed by atoms with Gasteiger partial charge in [-0.05, 0) is 24.3 Å². The van der Waals surface area contributed by atoms with E-state index in [2.05, 4.69) is 10.3 Å². The van der Waals surface area contributed by atoms with Crippen molar-refractivity contribution in [3.8, 4) is 5.75 Å². The van der Waals surface area contributed by atoms with Gasteiger partial charge in [0.25, 0.3) is 5.91 Å². The maximum absolute atomic E-state index is 13.3. The lowest BCUT2D eigenvalue weighted by atomic mass is 10.2. The van der Waals surface area contributed by atoms with Crippen LogP contribution in [0.25, 0.3) is 0 Å². The van der Waals surface area contributed by atoms with E-state index in [4.69, 9.17) is 0 Å². The summed E-state index contributed by atoms with van der Waals surface area (Å²) in [7, 11) is 0. The monoisotopic (exact) mass is 250 g/mol. The third kappa shape index (κ3) is 2.27. The summed E-state index contributed by atoms with van der Waals surface area (Å²) in [5.41, 5.74) is -0.458. The number of halogens is 2. The molecule has 6 heteroatoms. The van der Waals surface area contributed by atoms with Crippen LogP contribution in [0.5, 0.6) is 5.75 Å². The highest BCUT2D eigenvalue weighted by atomic mass is 19.2. The van der Waals surface area contributed by atoms with E-state index in [1.807, 2.05) is 0 Å². The predicted molar refractivity (Wildman–Crippen MR) is 60.2 cm³/mol. The molecule has 1 aromatic carbocycles. The summed E-state index contributed by atoms with van der Waals surface area (Å²) < 4.78 is 26.3. The average molecular weight is 250 g/mol. The number of benzene rings is 1. The van der Waals surface area contributed by atoms with Gasteiger partial charge < -0.3 is 10.4 Å². The van der Waals surface area contributed by atoms with E-state index >= 15 is 0 Å². The molecule has 2 N–H and O–H groups in total. The van der Waals surface area contributed by atoms with Gasteiger partial charge >= 0.3 is 0 Å². The number of rotatable bonds is 2. The highest BCUT2D eigenvalue weighted by Crippen LogP contribution is 2.20. The molecular formula is C12H8F2N2O2.